The van der Waals surface area contributed by atoms with Crippen LogP contribution in [0.2, 0.25) is 0 Å². The predicted octanol–water partition coefficient (Wildman–Crippen LogP) is 7.66. The summed E-state index contributed by atoms with van der Waals surface area (Å²) in [6, 6.07) is 21.0. The molecule has 0 aromatic heterocycles. The fourth-order valence-electron chi connectivity index (χ4n) is 2.94. The highest BCUT2D eigenvalue weighted by Gasteiger charge is 2.01. The SMILES string of the molecule is O=PCCCCCCCC(C=Cc1ccccc1)C=Cc1ccccc1. The summed E-state index contributed by atoms with van der Waals surface area (Å²) in [5, 5.41) is 0. The molecule has 0 fully saturated rings. The Hall–Kier alpha value is -1.98. The lowest BCUT2D eigenvalue weighted by molar-refractivity contribution is 0.572. The molecule has 1 nitrogen and oxygen atoms in total. The van der Waals surface area contributed by atoms with E-state index in [4.69, 9.17) is 0 Å². The molecule has 0 bridgehead atoms. The van der Waals surface area contributed by atoms with Crippen LogP contribution in [0.4, 0.5) is 0 Å². The Kier molecular flexibility index (Phi) is 10.4. The van der Waals surface area contributed by atoms with Crippen LogP contribution in [0.1, 0.15) is 49.7 Å². The van der Waals surface area contributed by atoms with E-state index in [1.54, 1.807) is 0 Å². The third-order valence-electron chi connectivity index (χ3n) is 4.46. The maximum absolute atomic E-state index is 10.4. The highest BCUT2D eigenvalue weighted by atomic mass is 31.1. The van der Waals surface area contributed by atoms with E-state index in [0.29, 0.717) is 14.4 Å². The van der Waals surface area contributed by atoms with Crippen LogP contribution in [-0.4, -0.2) is 6.16 Å². The minimum atomic E-state index is 0.290. The van der Waals surface area contributed by atoms with Crippen molar-refractivity contribution in [1.29, 1.82) is 0 Å². The van der Waals surface area contributed by atoms with E-state index in [0.717, 1.165) is 12.6 Å². The zero-order valence-corrected chi connectivity index (χ0v) is 16.4. The van der Waals surface area contributed by atoms with Crippen LogP contribution in [0.25, 0.3) is 12.2 Å². The standard InChI is InChI=1S/C24H29OP/c25-26-21-11-3-1-2-6-16-24(19-17-22-12-7-4-8-13-22)20-18-23-14-9-5-10-15-23/h4-5,7-10,12-15,17-20,24H,1-3,6,11,16,21H2. The van der Waals surface area contributed by atoms with Crippen LogP contribution >= 0.6 is 8.46 Å². The molecule has 2 heteroatoms. The summed E-state index contributed by atoms with van der Waals surface area (Å²) in [6.45, 7) is 0. The zero-order valence-electron chi connectivity index (χ0n) is 15.5. The van der Waals surface area contributed by atoms with E-state index < -0.39 is 0 Å². The van der Waals surface area contributed by atoms with Crippen LogP contribution < -0.4 is 0 Å². The number of benzene rings is 2. The Bertz CT molecular complexity index is 612. The first-order valence-corrected chi connectivity index (χ1v) is 10.6. The van der Waals surface area contributed by atoms with E-state index >= 15 is 0 Å². The summed E-state index contributed by atoms with van der Waals surface area (Å²) in [4.78, 5) is 0. The first-order chi connectivity index (χ1) is 12.9. The van der Waals surface area contributed by atoms with Crippen LogP contribution in [0.5, 0.6) is 0 Å². The van der Waals surface area contributed by atoms with Crippen molar-refractivity contribution in [2.75, 3.05) is 6.16 Å². The molecule has 0 spiro atoms. The molecule has 0 aliphatic heterocycles. The van der Waals surface area contributed by atoms with Crippen molar-refractivity contribution in [3.63, 3.8) is 0 Å². The fraction of sp³-hybridized carbons (Fsp3) is 0.333. The topological polar surface area (TPSA) is 17.1 Å². The molecule has 0 amide bonds. The van der Waals surface area contributed by atoms with Crippen LogP contribution in [0, 0.1) is 5.92 Å². The van der Waals surface area contributed by atoms with Gasteiger partial charge in [0.2, 0.25) is 0 Å². The van der Waals surface area contributed by atoms with Gasteiger partial charge in [-0.15, -0.1) is 0 Å². The van der Waals surface area contributed by atoms with Gasteiger partial charge in [0.05, 0.1) is 0 Å². The molecule has 136 valence electrons. The van der Waals surface area contributed by atoms with Crippen LogP contribution in [0.3, 0.4) is 0 Å². The van der Waals surface area contributed by atoms with E-state index in [1.807, 2.05) is 0 Å². The smallest absolute Gasteiger partial charge is 0.155 e. The normalized spacial score (nSPS) is 12.9. The van der Waals surface area contributed by atoms with Gasteiger partial charge >= 0.3 is 0 Å². The second-order valence-electron chi connectivity index (χ2n) is 6.61. The third kappa shape index (κ3) is 8.92. The number of hydrogen-bond donors (Lipinski definition) is 0. The van der Waals surface area contributed by atoms with Crippen molar-refractivity contribution in [3.8, 4) is 0 Å². The highest BCUT2D eigenvalue weighted by Crippen LogP contribution is 2.18. The molecule has 0 radical (unpaired) electrons. The van der Waals surface area contributed by atoms with Crippen molar-refractivity contribution < 1.29 is 4.57 Å². The molecule has 0 unspecified atom stereocenters. The monoisotopic (exact) mass is 364 g/mol. The fourth-order valence-corrected chi connectivity index (χ4v) is 3.29. The van der Waals surface area contributed by atoms with Gasteiger partial charge in [-0.05, 0) is 29.9 Å². The second-order valence-corrected chi connectivity index (χ2v) is 7.32. The van der Waals surface area contributed by atoms with Gasteiger partial charge in [-0.1, -0.05) is 111 Å². The summed E-state index contributed by atoms with van der Waals surface area (Å²) >= 11 is 0. The van der Waals surface area contributed by atoms with Gasteiger partial charge in [0.1, 0.15) is 0 Å². The summed E-state index contributed by atoms with van der Waals surface area (Å²) in [5.74, 6) is 0.454. The Morgan fingerprint density at radius 3 is 1.73 bits per heavy atom. The Morgan fingerprint density at radius 1 is 0.692 bits per heavy atom. The zero-order chi connectivity index (χ0) is 18.3. The van der Waals surface area contributed by atoms with Crippen molar-refractivity contribution >= 4 is 20.6 Å². The largest absolute Gasteiger partial charge is 0.275 e. The average Bonchev–Trinajstić information content (AvgIpc) is 2.70. The molecule has 2 aromatic rings. The van der Waals surface area contributed by atoms with Gasteiger partial charge < -0.3 is 0 Å². The van der Waals surface area contributed by atoms with Crippen LogP contribution in [0.15, 0.2) is 72.8 Å². The van der Waals surface area contributed by atoms with Crippen LogP contribution in [-0.2, 0) is 4.57 Å². The lowest BCUT2D eigenvalue weighted by atomic mass is 9.97. The van der Waals surface area contributed by atoms with Gasteiger partial charge in [-0.25, -0.2) is 0 Å². The molecule has 2 aromatic carbocycles. The third-order valence-corrected chi connectivity index (χ3v) is 4.96. The Balaban J connectivity index is 1.87. The first-order valence-electron chi connectivity index (χ1n) is 9.64. The van der Waals surface area contributed by atoms with Gasteiger partial charge in [-0.2, -0.15) is 0 Å². The lowest BCUT2D eigenvalue weighted by Crippen LogP contribution is -1.93. The molecular formula is C24H29OP. The number of rotatable bonds is 12. The summed E-state index contributed by atoms with van der Waals surface area (Å²) < 4.78 is 10.4. The molecule has 0 heterocycles. The summed E-state index contributed by atoms with van der Waals surface area (Å²) in [5.41, 5.74) is 2.50. The Labute approximate surface area is 160 Å². The Morgan fingerprint density at radius 2 is 1.19 bits per heavy atom. The minimum Gasteiger partial charge on any atom is -0.275 e. The molecule has 0 atom stereocenters. The second kappa shape index (κ2) is 13.3. The minimum absolute atomic E-state index is 0.290. The molecule has 0 saturated heterocycles. The molecule has 0 aliphatic carbocycles. The maximum Gasteiger partial charge on any atom is 0.155 e. The molecule has 0 N–H and O–H groups in total. The van der Waals surface area contributed by atoms with Crippen molar-refractivity contribution in [3.05, 3.63) is 83.9 Å². The molecule has 0 saturated carbocycles. The van der Waals surface area contributed by atoms with E-state index in [9.17, 15) is 4.57 Å². The molecule has 2 rings (SSSR count). The van der Waals surface area contributed by atoms with Gasteiger partial charge in [0.15, 0.2) is 8.46 Å². The molecule has 26 heavy (non-hydrogen) atoms. The number of allylic oxidation sites excluding steroid dienone is 2. The van der Waals surface area contributed by atoms with E-state index in [-0.39, 0.29) is 0 Å². The number of unbranched alkanes of at least 4 members (excludes halogenated alkanes) is 4. The first kappa shape index (κ1) is 20.3. The van der Waals surface area contributed by atoms with Gasteiger partial charge in [-0.3, -0.25) is 4.57 Å². The van der Waals surface area contributed by atoms with E-state index in [2.05, 4.69) is 85.0 Å². The van der Waals surface area contributed by atoms with Gasteiger partial charge in [0, 0.05) is 6.16 Å². The highest BCUT2D eigenvalue weighted by molar-refractivity contribution is 7.23. The lowest BCUT2D eigenvalue weighted by Gasteiger charge is -2.08. The van der Waals surface area contributed by atoms with E-state index in [1.165, 1.54) is 43.2 Å². The number of hydrogen-bond acceptors (Lipinski definition) is 1. The molecule has 0 aliphatic rings. The summed E-state index contributed by atoms with van der Waals surface area (Å²) in [6.07, 6.45) is 17.1. The maximum atomic E-state index is 10.4. The van der Waals surface area contributed by atoms with Crippen molar-refractivity contribution in [2.24, 2.45) is 5.92 Å². The quantitative estimate of drug-likeness (QED) is 0.279. The average molecular weight is 364 g/mol. The predicted molar refractivity (Wildman–Crippen MR) is 115 cm³/mol. The van der Waals surface area contributed by atoms with Crippen molar-refractivity contribution in [2.45, 2.75) is 38.5 Å². The molecular weight excluding hydrogens is 335 g/mol. The van der Waals surface area contributed by atoms with Crippen molar-refractivity contribution in [1.82, 2.24) is 0 Å². The van der Waals surface area contributed by atoms with Gasteiger partial charge in [0.25, 0.3) is 0 Å². The summed E-state index contributed by atoms with van der Waals surface area (Å²) in [7, 11) is 0.290.